The van der Waals surface area contributed by atoms with Gasteiger partial charge in [-0.3, -0.25) is 9.36 Å². The van der Waals surface area contributed by atoms with Gasteiger partial charge in [-0.05, 0) is 48.9 Å². The Morgan fingerprint density at radius 3 is 2.63 bits per heavy atom. The van der Waals surface area contributed by atoms with Crippen LogP contribution in [0, 0.1) is 12.3 Å². The van der Waals surface area contributed by atoms with Crippen LogP contribution in [0.1, 0.15) is 24.1 Å². The van der Waals surface area contributed by atoms with E-state index in [9.17, 15) is 22.8 Å². The Balaban J connectivity index is 2.03. The van der Waals surface area contributed by atoms with Crippen LogP contribution in [-0.4, -0.2) is 29.9 Å². The zero-order valence-corrected chi connectivity index (χ0v) is 22.7. The number of carbonyl (C=O) groups excluding carboxylic acids is 1. The highest BCUT2D eigenvalue weighted by Gasteiger charge is 2.45. The molecular formula is C26H17BrClF3N2O4S. The molecule has 0 fully saturated rings. The first-order valence-electron chi connectivity index (χ1n) is 11.0. The van der Waals surface area contributed by atoms with Crippen LogP contribution < -0.4 is 19.6 Å². The number of fused-ring (bicyclic) bond motifs is 1. The Morgan fingerprint density at radius 2 is 2.00 bits per heavy atom. The monoisotopic (exact) mass is 624 g/mol. The molecule has 3 aromatic rings. The lowest BCUT2D eigenvalue weighted by atomic mass is 9.95. The minimum Gasteiger partial charge on any atom is -0.480 e. The lowest BCUT2D eigenvalue weighted by Gasteiger charge is -2.26. The maximum Gasteiger partial charge on any atom is 0.434 e. The van der Waals surface area contributed by atoms with Crippen molar-refractivity contribution in [3.63, 3.8) is 0 Å². The fourth-order valence-corrected chi connectivity index (χ4v) is 5.32. The van der Waals surface area contributed by atoms with Crippen LogP contribution in [0.5, 0.6) is 5.75 Å². The molecule has 12 heteroatoms. The first kappa shape index (κ1) is 27.7. The number of aromatic nitrogens is 1. The molecule has 0 bridgehead atoms. The van der Waals surface area contributed by atoms with Crippen LogP contribution in [0.15, 0.2) is 68.0 Å². The number of allylic oxidation sites excluding steroid dienone is 1. The molecule has 0 unspecified atom stereocenters. The van der Waals surface area contributed by atoms with E-state index in [0.29, 0.717) is 20.8 Å². The quantitative estimate of drug-likeness (QED) is 0.293. The van der Waals surface area contributed by atoms with Crippen molar-refractivity contribution < 1.29 is 27.4 Å². The van der Waals surface area contributed by atoms with Gasteiger partial charge >= 0.3 is 12.1 Å². The van der Waals surface area contributed by atoms with Crippen molar-refractivity contribution in [2.24, 2.45) is 4.99 Å². The highest BCUT2D eigenvalue weighted by molar-refractivity contribution is 9.10. The van der Waals surface area contributed by atoms with E-state index >= 15 is 0 Å². The summed E-state index contributed by atoms with van der Waals surface area (Å²) in [5.41, 5.74) is -2.18. The van der Waals surface area contributed by atoms with Gasteiger partial charge in [0, 0.05) is 15.1 Å². The molecule has 1 aliphatic rings. The van der Waals surface area contributed by atoms with Crippen molar-refractivity contribution in [2.75, 3.05) is 13.2 Å². The van der Waals surface area contributed by atoms with E-state index in [2.05, 4.69) is 26.8 Å². The van der Waals surface area contributed by atoms with Gasteiger partial charge in [0.1, 0.15) is 12.4 Å². The third-order valence-corrected chi connectivity index (χ3v) is 7.08. The maximum atomic E-state index is 14.2. The number of halogens is 5. The minimum atomic E-state index is -5.00. The van der Waals surface area contributed by atoms with Crippen molar-refractivity contribution in [3.8, 4) is 18.1 Å². The molecular weight excluding hydrogens is 609 g/mol. The molecule has 38 heavy (non-hydrogen) atoms. The van der Waals surface area contributed by atoms with E-state index in [-0.39, 0.29) is 28.1 Å². The summed E-state index contributed by atoms with van der Waals surface area (Å²) in [6, 6.07) is 9.38. The Kier molecular flexibility index (Phi) is 8.16. The van der Waals surface area contributed by atoms with Gasteiger partial charge in [0.05, 0.1) is 22.8 Å². The van der Waals surface area contributed by atoms with Crippen molar-refractivity contribution in [3.05, 3.63) is 94.0 Å². The smallest absolute Gasteiger partial charge is 0.434 e. The zero-order chi connectivity index (χ0) is 27.6. The van der Waals surface area contributed by atoms with Crippen LogP contribution in [0.4, 0.5) is 13.2 Å². The number of carbonyl (C=O) groups is 1. The Hall–Kier alpha value is -3.33. The molecule has 1 aromatic heterocycles. The summed E-state index contributed by atoms with van der Waals surface area (Å²) < 4.78 is 54.9. The molecule has 1 atom stereocenters. The van der Waals surface area contributed by atoms with Crippen LogP contribution in [0.3, 0.4) is 0 Å². The van der Waals surface area contributed by atoms with Gasteiger partial charge < -0.3 is 9.47 Å². The van der Waals surface area contributed by atoms with E-state index < -0.39 is 35.0 Å². The fourth-order valence-electron chi connectivity index (χ4n) is 3.83. The summed E-state index contributed by atoms with van der Waals surface area (Å²) in [4.78, 5) is 30.1. The Bertz CT molecular complexity index is 1650. The third-order valence-electron chi connectivity index (χ3n) is 5.35. The summed E-state index contributed by atoms with van der Waals surface area (Å²) in [6.07, 6.45) is 1.76. The molecule has 2 heterocycles. The zero-order valence-electron chi connectivity index (χ0n) is 19.5. The second-order valence-corrected chi connectivity index (χ2v) is 10.2. The lowest BCUT2D eigenvalue weighted by Crippen LogP contribution is -2.41. The largest absolute Gasteiger partial charge is 0.480 e. The molecule has 0 aliphatic carbocycles. The Labute approximate surface area is 231 Å². The lowest BCUT2D eigenvalue weighted by molar-refractivity contribution is -0.140. The SMILES string of the molecule is C#CCOc1ccc(Br)cc1/C=c1\sc2n(c1=O)[C@@H](c1ccc(Cl)cc1)C(C(=O)OCC)=C(C(F)(F)F)N=2. The molecule has 196 valence electrons. The van der Waals surface area contributed by atoms with Gasteiger partial charge in [-0.1, -0.05) is 56.9 Å². The van der Waals surface area contributed by atoms with Gasteiger partial charge in [0.25, 0.3) is 5.56 Å². The summed E-state index contributed by atoms with van der Waals surface area (Å²) in [7, 11) is 0. The van der Waals surface area contributed by atoms with Crippen molar-refractivity contribution in [1.29, 1.82) is 0 Å². The van der Waals surface area contributed by atoms with Gasteiger partial charge in [-0.25, -0.2) is 9.79 Å². The first-order chi connectivity index (χ1) is 18.0. The summed E-state index contributed by atoms with van der Waals surface area (Å²) in [5.74, 6) is 1.50. The Morgan fingerprint density at radius 1 is 1.29 bits per heavy atom. The average molecular weight is 626 g/mol. The van der Waals surface area contributed by atoms with Crippen LogP contribution in [-0.2, 0) is 9.53 Å². The number of esters is 1. The number of terminal acetylenes is 1. The molecule has 0 saturated carbocycles. The normalized spacial score (nSPS) is 15.5. The number of alkyl halides is 3. The molecule has 0 radical (unpaired) electrons. The number of hydrogen-bond donors (Lipinski definition) is 0. The van der Waals surface area contributed by atoms with E-state index in [0.717, 1.165) is 15.9 Å². The summed E-state index contributed by atoms with van der Waals surface area (Å²) in [5, 5.41) is 0.327. The van der Waals surface area contributed by atoms with E-state index in [1.807, 2.05) is 0 Å². The molecule has 4 rings (SSSR count). The van der Waals surface area contributed by atoms with E-state index in [1.165, 1.54) is 37.3 Å². The molecule has 0 saturated heterocycles. The number of benzene rings is 2. The van der Waals surface area contributed by atoms with Gasteiger partial charge in [-0.2, -0.15) is 13.2 Å². The highest BCUT2D eigenvalue weighted by atomic mass is 79.9. The predicted molar refractivity (Wildman–Crippen MR) is 141 cm³/mol. The fraction of sp³-hybridized carbons (Fsp3) is 0.192. The van der Waals surface area contributed by atoms with Gasteiger partial charge in [-0.15, -0.1) is 6.42 Å². The van der Waals surface area contributed by atoms with Crippen molar-refractivity contribution in [2.45, 2.75) is 19.1 Å². The summed E-state index contributed by atoms with van der Waals surface area (Å²) >= 11 is 10.1. The second-order valence-electron chi connectivity index (χ2n) is 7.79. The van der Waals surface area contributed by atoms with Crippen LogP contribution in [0.2, 0.25) is 5.02 Å². The molecule has 2 aromatic carbocycles. The van der Waals surface area contributed by atoms with Gasteiger partial charge in [0.2, 0.25) is 0 Å². The van der Waals surface area contributed by atoms with Crippen molar-refractivity contribution in [1.82, 2.24) is 4.57 Å². The number of nitrogens with zero attached hydrogens (tertiary/aromatic N) is 2. The second kappa shape index (κ2) is 11.2. The topological polar surface area (TPSA) is 69.9 Å². The predicted octanol–water partition coefficient (Wildman–Crippen LogP) is 4.77. The van der Waals surface area contributed by atoms with E-state index in [4.69, 9.17) is 27.5 Å². The molecule has 0 spiro atoms. The number of ether oxygens (including phenoxy) is 2. The van der Waals surface area contributed by atoms with Crippen LogP contribution in [0.25, 0.3) is 6.08 Å². The maximum absolute atomic E-state index is 14.2. The average Bonchev–Trinajstić information content (AvgIpc) is 3.17. The van der Waals surface area contributed by atoms with Crippen LogP contribution >= 0.6 is 38.9 Å². The molecule has 6 nitrogen and oxygen atoms in total. The highest BCUT2D eigenvalue weighted by Crippen LogP contribution is 2.38. The standard InChI is InChI=1S/C26H17BrClF3N2O4S/c1-3-11-37-18-10-7-16(27)12-15(18)13-19-23(34)33-21(14-5-8-17(28)9-6-14)20(24(35)36-4-2)22(26(29,30)31)32-25(33)38-19/h1,5-10,12-13,21H,4,11H2,2H3/b19-13-/t21-/m0/s1. The third kappa shape index (κ3) is 5.57. The minimum absolute atomic E-state index is 0.0296. The van der Waals surface area contributed by atoms with Gasteiger partial charge in [0.15, 0.2) is 10.5 Å². The van der Waals surface area contributed by atoms with Crippen molar-refractivity contribution >= 4 is 50.9 Å². The summed E-state index contributed by atoms with van der Waals surface area (Å²) in [6.45, 7) is 1.27. The number of hydrogen-bond acceptors (Lipinski definition) is 6. The first-order valence-corrected chi connectivity index (χ1v) is 13.0. The molecule has 0 amide bonds. The number of thiazole rings is 1. The molecule has 1 aliphatic heterocycles. The molecule has 0 N–H and O–H groups in total. The number of rotatable bonds is 6. The van der Waals surface area contributed by atoms with E-state index in [1.54, 1.807) is 18.2 Å².